The zero-order valence-electron chi connectivity index (χ0n) is 14.6. The second-order valence-corrected chi connectivity index (χ2v) is 7.31. The van der Waals surface area contributed by atoms with Crippen molar-refractivity contribution >= 4 is 11.9 Å². The van der Waals surface area contributed by atoms with Crippen molar-refractivity contribution in [1.82, 2.24) is 15.5 Å². The van der Waals surface area contributed by atoms with Crippen LogP contribution in [0.25, 0.3) is 0 Å². The SMILES string of the molecule is C[C@H](NC(=O)N[C@H]1CCN(C)C1=O)c1ccc(C(C)(C)C)cc1. The van der Waals surface area contributed by atoms with E-state index in [2.05, 4.69) is 43.5 Å². The monoisotopic (exact) mass is 317 g/mol. The van der Waals surface area contributed by atoms with Crippen LogP contribution < -0.4 is 10.6 Å². The molecule has 0 radical (unpaired) electrons. The molecule has 2 N–H and O–H groups in total. The average Bonchev–Trinajstić information content (AvgIpc) is 2.78. The van der Waals surface area contributed by atoms with Gasteiger partial charge in [-0.15, -0.1) is 0 Å². The smallest absolute Gasteiger partial charge is 0.315 e. The molecule has 2 atom stereocenters. The Morgan fingerprint density at radius 2 is 1.87 bits per heavy atom. The van der Waals surface area contributed by atoms with E-state index in [0.29, 0.717) is 13.0 Å². The molecule has 0 spiro atoms. The van der Waals surface area contributed by atoms with Gasteiger partial charge in [-0.2, -0.15) is 0 Å². The number of nitrogens with zero attached hydrogens (tertiary/aromatic N) is 1. The first-order valence-electron chi connectivity index (χ1n) is 8.11. The largest absolute Gasteiger partial charge is 0.344 e. The number of nitrogens with one attached hydrogen (secondary N) is 2. The number of rotatable bonds is 3. The molecule has 0 saturated carbocycles. The van der Waals surface area contributed by atoms with Crippen LogP contribution >= 0.6 is 0 Å². The third kappa shape index (κ3) is 4.24. The second-order valence-electron chi connectivity index (χ2n) is 7.31. The van der Waals surface area contributed by atoms with Crippen molar-refractivity contribution in [3.05, 3.63) is 35.4 Å². The lowest BCUT2D eigenvalue weighted by Crippen LogP contribution is -2.46. The fourth-order valence-corrected chi connectivity index (χ4v) is 2.71. The van der Waals surface area contributed by atoms with Crippen molar-refractivity contribution in [2.24, 2.45) is 0 Å². The van der Waals surface area contributed by atoms with E-state index in [1.807, 2.05) is 19.1 Å². The van der Waals surface area contributed by atoms with Crippen molar-refractivity contribution in [1.29, 1.82) is 0 Å². The molecule has 1 aromatic carbocycles. The van der Waals surface area contributed by atoms with Gasteiger partial charge in [0.1, 0.15) is 6.04 Å². The van der Waals surface area contributed by atoms with E-state index in [0.717, 1.165) is 5.56 Å². The zero-order valence-corrected chi connectivity index (χ0v) is 14.6. The molecule has 1 heterocycles. The summed E-state index contributed by atoms with van der Waals surface area (Å²) in [5.41, 5.74) is 2.42. The van der Waals surface area contributed by atoms with Crippen LogP contribution in [0.2, 0.25) is 0 Å². The van der Waals surface area contributed by atoms with Crippen LogP contribution in [-0.2, 0) is 10.2 Å². The standard InChI is InChI=1S/C18H27N3O2/c1-12(13-6-8-14(9-7-13)18(2,3)4)19-17(23)20-15-10-11-21(5)16(15)22/h6-9,12,15H,10-11H2,1-5H3,(H2,19,20,23)/t12-,15-/m0/s1. The van der Waals surface area contributed by atoms with Gasteiger partial charge in [0.05, 0.1) is 6.04 Å². The molecule has 3 amide bonds. The van der Waals surface area contributed by atoms with Gasteiger partial charge in [0, 0.05) is 13.6 Å². The van der Waals surface area contributed by atoms with Crippen molar-refractivity contribution in [3.63, 3.8) is 0 Å². The van der Waals surface area contributed by atoms with Crippen LogP contribution in [0.4, 0.5) is 4.79 Å². The lowest BCUT2D eigenvalue weighted by molar-refractivity contribution is -0.128. The average molecular weight is 317 g/mol. The van der Waals surface area contributed by atoms with E-state index < -0.39 is 6.04 Å². The van der Waals surface area contributed by atoms with Gasteiger partial charge in [0.15, 0.2) is 0 Å². The summed E-state index contributed by atoms with van der Waals surface area (Å²) in [6.45, 7) is 9.15. The molecule has 0 bridgehead atoms. The van der Waals surface area contributed by atoms with E-state index in [1.54, 1.807) is 11.9 Å². The first-order valence-corrected chi connectivity index (χ1v) is 8.11. The van der Waals surface area contributed by atoms with Gasteiger partial charge in [-0.25, -0.2) is 4.79 Å². The number of hydrogen-bond donors (Lipinski definition) is 2. The van der Waals surface area contributed by atoms with Gasteiger partial charge in [-0.05, 0) is 29.9 Å². The van der Waals surface area contributed by atoms with Gasteiger partial charge < -0.3 is 15.5 Å². The molecule has 1 fully saturated rings. The first kappa shape index (κ1) is 17.3. The Bertz CT molecular complexity index is 575. The number of amides is 3. The van der Waals surface area contributed by atoms with Crippen molar-refractivity contribution in [2.75, 3.05) is 13.6 Å². The Kier molecular flexibility index (Phi) is 4.97. The number of likely N-dealkylation sites (tertiary alicyclic amines) is 1. The number of carbonyl (C=O) groups is 2. The molecule has 126 valence electrons. The van der Waals surface area contributed by atoms with Crippen LogP contribution in [0.5, 0.6) is 0 Å². The van der Waals surface area contributed by atoms with Crippen LogP contribution in [0.3, 0.4) is 0 Å². The molecule has 23 heavy (non-hydrogen) atoms. The third-order valence-corrected chi connectivity index (χ3v) is 4.36. The highest BCUT2D eigenvalue weighted by Crippen LogP contribution is 2.23. The van der Waals surface area contributed by atoms with Crippen LogP contribution in [0.1, 0.15) is 51.3 Å². The number of carbonyl (C=O) groups excluding carboxylic acids is 2. The number of urea groups is 1. The maximum absolute atomic E-state index is 12.1. The Morgan fingerprint density at radius 3 is 2.35 bits per heavy atom. The van der Waals surface area contributed by atoms with Gasteiger partial charge in [-0.3, -0.25) is 4.79 Å². The van der Waals surface area contributed by atoms with E-state index in [-0.39, 0.29) is 23.4 Å². The van der Waals surface area contributed by atoms with Gasteiger partial charge in [-0.1, -0.05) is 45.0 Å². The quantitative estimate of drug-likeness (QED) is 0.900. The van der Waals surface area contributed by atoms with Crippen LogP contribution in [-0.4, -0.2) is 36.5 Å². The van der Waals surface area contributed by atoms with Gasteiger partial charge >= 0.3 is 6.03 Å². The molecular formula is C18H27N3O2. The fraction of sp³-hybridized carbons (Fsp3) is 0.556. The summed E-state index contributed by atoms with van der Waals surface area (Å²) in [6, 6.07) is 7.46. The molecule has 5 nitrogen and oxygen atoms in total. The normalized spacial score (nSPS) is 19.6. The van der Waals surface area contributed by atoms with E-state index in [4.69, 9.17) is 0 Å². The molecule has 1 aliphatic rings. The van der Waals surface area contributed by atoms with E-state index in [9.17, 15) is 9.59 Å². The van der Waals surface area contributed by atoms with E-state index >= 15 is 0 Å². The summed E-state index contributed by atoms with van der Waals surface area (Å²) in [4.78, 5) is 25.5. The van der Waals surface area contributed by atoms with E-state index in [1.165, 1.54) is 5.56 Å². The number of hydrogen-bond acceptors (Lipinski definition) is 2. The van der Waals surface area contributed by atoms with Gasteiger partial charge in [0.25, 0.3) is 0 Å². The summed E-state index contributed by atoms with van der Waals surface area (Å²) in [6.07, 6.45) is 0.664. The maximum atomic E-state index is 12.1. The molecule has 1 aliphatic heterocycles. The number of benzene rings is 1. The highest BCUT2D eigenvalue weighted by atomic mass is 16.2. The second kappa shape index (κ2) is 6.60. The molecule has 1 saturated heterocycles. The number of likely N-dealkylation sites (N-methyl/N-ethyl adjacent to an activating group) is 1. The highest BCUT2D eigenvalue weighted by Gasteiger charge is 2.30. The Hall–Kier alpha value is -2.04. The van der Waals surface area contributed by atoms with Crippen molar-refractivity contribution < 1.29 is 9.59 Å². The molecule has 1 aromatic rings. The third-order valence-electron chi connectivity index (χ3n) is 4.36. The van der Waals surface area contributed by atoms with Crippen molar-refractivity contribution in [3.8, 4) is 0 Å². The molecular weight excluding hydrogens is 290 g/mol. The molecule has 5 heteroatoms. The zero-order chi connectivity index (χ0) is 17.2. The predicted octanol–water partition coefficient (Wildman–Crippen LogP) is 2.58. The lowest BCUT2D eigenvalue weighted by atomic mass is 9.86. The molecule has 0 aliphatic carbocycles. The Balaban J connectivity index is 1.92. The summed E-state index contributed by atoms with van der Waals surface area (Å²) in [5, 5.41) is 5.65. The minimum Gasteiger partial charge on any atom is -0.344 e. The van der Waals surface area contributed by atoms with Gasteiger partial charge in [0.2, 0.25) is 5.91 Å². The van der Waals surface area contributed by atoms with Crippen molar-refractivity contribution in [2.45, 2.75) is 51.6 Å². The van der Waals surface area contributed by atoms with Crippen LogP contribution in [0.15, 0.2) is 24.3 Å². The maximum Gasteiger partial charge on any atom is 0.315 e. The summed E-state index contributed by atoms with van der Waals surface area (Å²) < 4.78 is 0. The first-order chi connectivity index (χ1) is 10.7. The molecule has 0 unspecified atom stereocenters. The predicted molar refractivity (Wildman–Crippen MR) is 91.3 cm³/mol. The van der Waals surface area contributed by atoms with Crippen LogP contribution in [0, 0.1) is 0 Å². The lowest BCUT2D eigenvalue weighted by Gasteiger charge is -2.21. The fourth-order valence-electron chi connectivity index (χ4n) is 2.71. The molecule has 2 rings (SSSR count). The highest BCUT2D eigenvalue weighted by molar-refractivity contribution is 5.88. The Morgan fingerprint density at radius 1 is 1.26 bits per heavy atom. The minimum absolute atomic E-state index is 0.0256. The summed E-state index contributed by atoms with van der Waals surface area (Å²) >= 11 is 0. The minimum atomic E-state index is -0.407. The topological polar surface area (TPSA) is 61.4 Å². The molecule has 0 aromatic heterocycles. The Labute approximate surface area is 138 Å². The summed E-state index contributed by atoms with van der Waals surface area (Å²) in [5.74, 6) is -0.0256. The summed E-state index contributed by atoms with van der Waals surface area (Å²) in [7, 11) is 1.75.